The van der Waals surface area contributed by atoms with Gasteiger partial charge in [-0.25, -0.2) is 9.67 Å². The number of aromatic nitrogens is 3. The molecular weight excluding hydrogens is 290 g/mol. The molecule has 1 aromatic heterocycles. The van der Waals surface area contributed by atoms with Gasteiger partial charge in [0.25, 0.3) is 0 Å². The first-order chi connectivity index (χ1) is 11.2. The van der Waals surface area contributed by atoms with Crippen LogP contribution in [0.1, 0.15) is 61.0 Å². The van der Waals surface area contributed by atoms with Crippen LogP contribution < -0.4 is 0 Å². The van der Waals surface area contributed by atoms with E-state index in [-0.39, 0.29) is 0 Å². The highest BCUT2D eigenvalue weighted by atomic mass is 16.5. The Morgan fingerprint density at radius 2 is 2.00 bits per heavy atom. The molecule has 0 amide bonds. The second-order valence-corrected chi connectivity index (χ2v) is 6.61. The highest BCUT2D eigenvalue weighted by Gasteiger charge is 2.24. The first kappa shape index (κ1) is 14.8. The van der Waals surface area contributed by atoms with E-state index in [0.29, 0.717) is 11.7 Å². The van der Waals surface area contributed by atoms with Gasteiger partial charge in [0.15, 0.2) is 11.6 Å². The van der Waals surface area contributed by atoms with Gasteiger partial charge in [0.05, 0.1) is 5.69 Å². The smallest absolute Gasteiger partial charge is 0.160 e. The molecule has 23 heavy (non-hydrogen) atoms. The molecule has 1 saturated heterocycles. The first-order valence-corrected chi connectivity index (χ1v) is 8.57. The lowest BCUT2D eigenvalue weighted by molar-refractivity contribution is 0.0835. The fourth-order valence-electron chi connectivity index (χ4n) is 3.62. The fraction of sp³-hybridized carbons (Fsp3) is 0.556. The predicted octanol–water partition coefficient (Wildman–Crippen LogP) is 2.70. The third-order valence-corrected chi connectivity index (χ3v) is 4.94. The van der Waals surface area contributed by atoms with Crippen LogP contribution in [0, 0.1) is 0 Å². The van der Waals surface area contributed by atoms with Crippen LogP contribution in [-0.4, -0.2) is 33.1 Å². The van der Waals surface area contributed by atoms with Crippen LogP contribution in [0.2, 0.25) is 0 Å². The zero-order valence-electron chi connectivity index (χ0n) is 13.5. The minimum absolute atomic E-state index is 0.330. The van der Waals surface area contributed by atoms with Crippen molar-refractivity contribution in [3.63, 3.8) is 0 Å². The molecule has 1 aromatic carbocycles. The SMILES string of the molecule is CC(O)c1nc(C2CCOCC2)nn1-c1ccc2c(c1)CCC2. The van der Waals surface area contributed by atoms with Gasteiger partial charge in [-0.1, -0.05) is 6.07 Å². The number of hydrogen-bond donors (Lipinski definition) is 1. The Bertz CT molecular complexity index is 702. The van der Waals surface area contributed by atoms with Gasteiger partial charge in [-0.2, -0.15) is 5.10 Å². The summed E-state index contributed by atoms with van der Waals surface area (Å²) in [4.78, 5) is 4.65. The average Bonchev–Trinajstić information content (AvgIpc) is 3.22. The van der Waals surface area contributed by atoms with E-state index in [1.54, 1.807) is 6.92 Å². The second-order valence-electron chi connectivity index (χ2n) is 6.61. The molecule has 1 aliphatic heterocycles. The zero-order chi connectivity index (χ0) is 15.8. The number of nitrogens with zero attached hydrogens (tertiary/aromatic N) is 3. The van der Waals surface area contributed by atoms with Crippen molar-refractivity contribution in [3.8, 4) is 5.69 Å². The summed E-state index contributed by atoms with van der Waals surface area (Å²) in [5, 5.41) is 14.9. The molecule has 1 fully saturated rings. The van der Waals surface area contributed by atoms with Crippen molar-refractivity contribution < 1.29 is 9.84 Å². The maximum atomic E-state index is 10.1. The highest BCUT2D eigenvalue weighted by molar-refractivity contribution is 5.43. The van der Waals surface area contributed by atoms with Gasteiger partial charge in [0, 0.05) is 19.1 Å². The summed E-state index contributed by atoms with van der Waals surface area (Å²) in [5.41, 5.74) is 3.85. The number of ether oxygens (including phenoxy) is 1. The maximum absolute atomic E-state index is 10.1. The molecule has 0 saturated carbocycles. The molecule has 4 rings (SSSR count). The second kappa shape index (κ2) is 6.06. The molecule has 2 aromatic rings. The summed E-state index contributed by atoms with van der Waals surface area (Å²) >= 11 is 0. The number of benzene rings is 1. The fourth-order valence-corrected chi connectivity index (χ4v) is 3.62. The Hall–Kier alpha value is -1.72. The summed E-state index contributed by atoms with van der Waals surface area (Å²) in [6.45, 7) is 3.28. The number of hydrogen-bond acceptors (Lipinski definition) is 4. The van der Waals surface area contributed by atoms with Gasteiger partial charge >= 0.3 is 0 Å². The van der Waals surface area contributed by atoms with Crippen molar-refractivity contribution in [2.24, 2.45) is 0 Å². The van der Waals surface area contributed by atoms with Crippen molar-refractivity contribution >= 4 is 0 Å². The number of fused-ring (bicyclic) bond motifs is 1. The molecule has 0 bridgehead atoms. The van der Waals surface area contributed by atoms with Crippen molar-refractivity contribution in [2.45, 2.75) is 51.0 Å². The van der Waals surface area contributed by atoms with Crippen LogP contribution in [0.3, 0.4) is 0 Å². The van der Waals surface area contributed by atoms with Crippen LogP contribution in [0.4, 0.5) is 0 Å². The van der Waals surface area contributed by atoms with E-state index < -0.39 is 6.10 Å². The standard InChI is InChI=1S/C18H23N3O2/c1-12(22)18-19-17(14-7-9-23-10-8-14)20-21(18)16-6-5-13-3-2-4-15(13)11-16/h5-6,11-12,14,22H,2-4,7-10H2,1H3. The summed E-state index contributed by atoms with van der Waals surface area (Å²) < 4.78 is 7.26. The van der Waals surface area contributed by atoms with Crippen LogP contribution >= 0.6 is 0 Å². The minimum Gasteiger partial charge on any atom is -0.385 e. The molecule has 5 heteroatoms. The number of aryl methyl sites for hydroxylation is 2. The largest absolute Gasteiger partial charge is 0.385 e. The summed E-state index contributed by atoms with van der Waals surface area (Å²) in [6, 6.07) is 6.49. The van der Waals surface area contributed by atoms with Crippen molar-refractivity contribution in [1.82, 2.24) is 14.8 Å². The molecule has 1 aliphatic carbocycles. The Balaban J connectivity index is 1.73. The van der Waals surface area contributed by atoms with Gasteiger partial charge < -0.3 is 9.84 Å². The molecule has 5 nitrogen and oxygen atoms in total. The predicted molar refractivity (Wildman–Crippen MR) is 86.8 cm³/mol. The molecule has 2 aliphatic rings. The van der Waals surface area contributed by atoms with E-state index >= 15 is 0 Å². The van der Waals surface area contributed by atoms with E-state index in [1.165, 1.54) is 24.0 Å². The molecule has 2 heterocycles. The molecular formula is C18H23N3O2. The molecule has 0 radical (unpaired) electrons. The molecule has 1 unspecified atom stereocenters. The maximum Gasteiger partial charge on any atom is 0.160 e. The van der Waals surface area contributed by atoms with Gasteiger partial charge in [-0.3, -0.25) is 0 Å². The van der Waals surface area contributed by atoms with E-state index in [1.807, 2.05) is 4.68 Å². The van der Waals surface area contributed by atoms with Crippen LogP contribution in [0.25, 0.3) is 5.69 Å². The highest BCUT2D eigenvalue weighted by Crippen LogP contribution is 2.29. The molecule has 1 atom stereocenters. The van der Waals surface area contributed by atoms with Gasteiger partial charge in [0.1, 0.15) is 6.10 Å². The quantitative estimate of drug-likeness (QED) is 0.946. The summed E-state index contributed by atoms with van der Waals surface area (Å²) in [7, 11) is 0. The van der Waals surface area contributed by atoms with E-state index in [4.69, 9.17) is 9.84 Å². The van der Waals surface area contributed by atoms with Crippen molar-refractivity contribution in [2.75, 3.05) is 13.2 Å². The van der Waals surface area contributed by atoms with E-state index in [9.17, 15) is 5.11 Å². The topological polar surface area (TPSA) is 60.2 Å². The average molecular weight is 313 g/mol. The molecule has 1 N–H and O–H groups in total. The normalized spacial score (nSPS) is 19.7. The van der Waals surface area contributed by atoms with Gasteiger partial charge in [-0.15, -0.1) is 0 Å². The van der Waals surface area contributed by atoms with Gasteiger partial charge in [-0.05, 0) is 62.3 Å². The monoisotopic (exact) mass is 313 g/mol. The van der Waals surface area contributed by atoms with E-state index in [0.717, 1.165) is 44.0 Å². The Morgan fingerprint density at radius 3 is 2.78 bits per heavy atom. The molecule has 122 valence electrons. The lowest BCUT2D eigenvalue weighted by Crippen LogP contribution is -2.15. The lowest BCUT2D eigenvalue weighted by Gasteiger charge is -2.18. The third-order valence-electron chi connectivity index (χ3n) is 4.94. The van der Waals surface area contributed by atoms with Crippen molar-refractivity contribution in [1.29, 1.82) is 0 Å². The summed E-state index contributed by atoms with van der Waals surface area (Å²) in [5.74, 6) is 1.80. The first-order valence-electron chi connectivity index (χ1n) is 8.57. The Morgan fingerprint density at radius 1 is 1.22 bits per heavy atom. The van der Waals surface area contributed by atoms with Crippen LogP contribution in [0.5, 0.6) is 0 Å². The third kappa shape index (κ3) is 2.79. The lowest BCUT2D eigenvalue weighted by atomic mass is 10.00. The Kier molecular flexibility index (Phi) is 3.91. The van der Waals surface area contributed by atoms with Crippen molar-refractivity contribution in [3.05, 3.63) is 41.0 Å². The number of rotatable bonds is 3. The van der Waals surface area contributed by atoms with Gasteiger partial charge in [0.2, 0.25) is 0 Å². The van der Waals surface area contributed by atoms with Crippen LogP contribution in [-0.2, 0) is 17.6 Å². The van der Waals surface area contributed by atoms with E-state index in [2.05, 4.69) is 23.2 Å². The van der Waals surface area contributed by atoms with Crippen LogP contribution in [0.15, 0.2) is 18.2 Å². The number of aliphatic hydroxyl groups is 1. The minimum atomic E-state index is -0.635. The Labute approximate surface area is 136 Å². The summed E-state index contributed by atoms with van der Waals surface area (Å²) in [6.07, 6.45) is 4.80. The molecule has 0 spiro atoms. The number of aliphatic hydroxyl groups excluding tert-OH is 1. The zero-order valence-corrected chi connectivity index (χ0v) is 13.5.